The van der Waals surface area contributed by atoms with Gasteiger partial charge in [-0.1, -0.05) is 17.7 Å². The van der Waals surface area contributed by atoms with Crippen molar-refractivity contribution in [2.75, 3.05) is 25.1 Å². The number of anilines is 2. The van der Waals surface area contributed by atoms with Gasteiger partial charge in [-0.05, 0) is 47.9 Å². The largest absolute Gasteiger partial charge is 0.487 e. The summed E-state index contributed by atoms with van der Waals surface area (Å²) >= 11 is 6.41. The molecule has 3 aliphatic rings. The number of halogens is 3. The summed E-state index contributed by atoms with van der Waals surface area (Å²) in [6.07, 6.45) is 9.36. The minimum atomic E-state index is -2.69. The summed E-state index contributed by atoms with van der Waals surface area (Å²) < 4.78 is 54.1. The summed E-state index contributed by atoms with van der Waals surface area (Å²) in [7, 11) is 0. The molecule has 1 unspecified atom stereocenters. The molecular weight excluding hydrogens is 612 g/mol. The second-order valence-electron chi connectivity index (χ2n) is 11.7. The molecule has 1 saturated heterocycles. The van der Waals surface area contributed by atoms with Crippen molar-refractivity contribution in [1.29, 1.82) is 0 Å². The first-order valence-corrected chi connectivity index (χ1v) is 15.3. The van der Waals surface area contributed by atoms with Crippen LogP contribution in [0.4, 0.5) is 20.4 Å². The second-order valence-corrected chi connectivity index (χ2v) is 12.1. The Labute approximate surface area is 262 Å². The van der Waals surface area contributed by atoms with E-state index in [-0.39, 0.29) is 31.1 Å². The highest BCUT2D eigenvalue weighted by molar-refractivity contribution is 6.32. The van der Waals surface area contributed by atoms with Gasteiger partial charge in [0.15, 0.2) is 5.79 Å². The van der Waals surface area contributed by atoms with Crippen molar-refractivity contribution in [3.63, 3.8) is 0 Å². The molecule has 2 atom stereocenters. The van der Waals surface area contributed by atoms with E-state index in [2.05, 4.69) is 35.9 Å². The van der Waals surface area contributed by atoms with Gasteiger partial charge in [0, 0.05) is 37.2 Å². The maximum absolute atomic E-state index is 13.6. The van der Waals surface area contributed by atoms with Gasteiger partial charge >= 0.3 is 0 Å². The first kappa shape index (κ1) is 29.7. The number of aromatic nitrogens is 8. The Balaban J connectivity index is 1.04. The summed E-state index contributed by atoms with van der Waals surface area (Å²) in [4.78, 5) is 8.98. The monoisotopic (exact) mass is 643 g/mol. The fourth-order valence-corrected chi connectivity index (χ4v) is 5.86. The molecule has 45 heavy (non-hydrogen) atoms. The van der Waals surface area contributed by atoms with Gasteiger partial charge in [-0.3, -0.25) is 4.68 Å². The summed E-state index contributed by atoms with van der Waals surface area (Å²) in [6.45, 7) is 3.44. The fraction of sp³-hybridized carbons (Fsp3) is 0.517. The third-order valence-electron chi connectivity index (χ3n) is 8.31. The smallest absolute Gasteiger partial charge is 0.256 e. The molecule has 2 aliphatic carbocycles. The number of nitrogens with one attached hydrogen (secondary N) is 1. The molecular formula is C29H32ClF2N9O4. The molecule has 3 aromatic heterocycles. The molecule has 1 spiro atoms. The topological polar surface area (TPSA) is 136 Å². The van der Waals surface area contributed by atoms with Gasteiger partial charge in [0.25, 0.3) is 11.8 Å². The Morgan fingerprint density at radius 3 is 2.58 bits per heavy atom. The average molecular weight is 644 g/mol. The zero-order chi connectivity index (χ0) is 31.0. The van der Waals surface area contributed by atoms with Crippen LogP contribution in [0.5, 0.6) is 11.6 Å². The van der Waals surface area contributed by atoms with E-state index in [9.17, 15) is 8.78 Å². The lowest BCUT2D eigenvalue weighted by Gasteiger charge is -2.35. The van der Waals surface area contributed by atoms with E-state index in [1.807, 2.05) is 29.9 Å². The van der Waals surface area contributed by atoms with Crippen molar-refractivity contribution in [2.45, 2.75) is 69.4 Å². The van der Waals surface area contributed by atoms with E-state index < -0.39 is 17.6 Å². The molecule has 0 amide bonds. The van der Waals surface area contributed by atoms with Crippen LogP contribution in [0, 0.1) is 5.92 Å². The van der Waals surface area contributed by atoms with Crippen molar-refractivity contribution < 1.29 is 27.7 Å². The predicted octanol–water partition coefficient (Wildman–Crippen LogP) is 5.08. The maximum atomic E-state index is 13.6. The number of tetrazole rings is 1. The summed E-state index contributed by atoms with van der Waals surface area (Å²) in [6, 6.07) is 5.52. The molecule has 2 saturated carbocycles. The van der Waals surface area contributed by atoms with Crippen LogP contribution in [0.1, 0.15) is 45.1 Å². The maximum Gasteiger partial charge on any atom is 0.256 e. The Hall–Kier alpha value is -3.95. The first-order valence-electron chi connectivity index (χ1n) is 14.9. The number of hydrogen-bond donors (Lipinski definition) is 1. The lowest BCUT2D eigenvalue weighted by Crippen LogP contribution is -2.35. The molecule has 238 valence electrons. The molecule has 4 heterocycles. The van der Waals surface area contributed by atoms with Crippen LogP contribution in [0.25, 0.3) is 11.1 Å². The summed E-state index contributed by atoms with van der Waals surface area (Å²) in [5.41, 5.74) is 2.05. The van der Waals surface area contributed by atoms with Crippen molar-refractivity contribution in [1.82, 2.24) is 40.0 Å². The zero-order valence-electron chi connectivity index (χ0n) is 24.5. The lowest BCUT2D eigenvalue weighted by atomic mass is 9.90. The number of benzene rings is 1. The third-order valence-corrected chi connectivity index (χ3v) is 8.62. The quantitative estimate of drug-likeness (QED) is 0.234. The van der Waals surface area contributed by atoms with Crippen LogP contribution in [0.15, 0.2) is 43.1 Å². The van der Waals surface area contributed by atoms with E-state index in [1.165, 1.54) is 6.33 Å². The Morgan fingerprint density at radius 1 is 1.13 bits per heavy atom. The fourth-order valence-electron chi connectivity index (χ4n) is 5.69. The minimum Gasteiger partial charge on any atom is -0.487 e. The number of nitrogens with zero attached hydrogens (tertiary/aromatic N) is 8. The Kier molecular flexibility index (Phi) is 8.00. The first-order chi connectivity index (χ1) is 21.8. The van der Waals surface area contributed by atoms with Crippen LogP contribution in [-0.4, -0.2) is 77.6 Å². The van der Waals surface area contributed by atoms with Gasteiger partial charge in [0.1, 0.15) is 23.9 Å². The Bertz CT molecular complexity index is 1610. The van der Waals surface area contributed by atoms with Crippen molar-refractivity contribution in [3.05, 3.63) is 48.1 Å². The van der Waals surface area contributed by atoms with Gasteiger partial charge in [-0.15, -0.1) is 10.2 Å². The lowest BCUT2D eigenvalue weighted by molar-refractivity contribution is -0.181. The highest BCUT2D eigenvalue weighted by Gasteiger charge is 2.57. The molecule has 0 bridgehead atoms. The summed E-state index contributed by atoms with van der Waals surface area (Å²) in [5.74, 6) is -2.96. The third kappa shape index (κ3) is 6.70. The standard InChI is InChI=1S/C29H32ClF2N9O4/c1-18(14-40-17-35-38-39-40)45-25-10-19(2-3-23(25)30)20-12-33-27(34-13-20)36-24-15-41(37-26(24)42-16-21-11-29(21,31)32)22-4-6-28(7-5-22)43-8-9-44-28/h2-3,10,12-13,15,17-18,21-22H,4-9,11,14,16H2,1H3,(H,33,34,36)/t18?,21-/m0/s1. The average Bonchev–Trinajstić information content (AvgIpc) is 3.54. The van der Waals surface area contributed by atoms with E-state index in [0.29, 0.717) is 42.2 Å². The van der Waals surface area contributed by atoms with E-state index in [0.717, 1.165) is 36.8 Å². The molecule has 0 radical (unpaired) electrons. The van der Waals surface area contributed by atoms with Gasteiger partial charge in [-0.25, -0.2) is 23.4 Å². The van der Waals surface area contributed by atoms with Crippen molar-refractivity contribution in [2.24, 2.45) is 5.92 Å². The van der Waals surface area contributed by atoms with E-state index >= 15 is 0 Å². The molecule has 3 fully saturated rings. The van der Waals surface area contributed by atoms with Crippen molar-refractivity contribution >= 4 is 23.2 Å². The van der Waals surface area contributed by atoms with Gasteiger partial charge in [-0.2, -0.15) is 0 Å². The SMILES string of the molecule is CC(Cn1cnnn1)Oc1cc(-c2cnc(Nc3cn(C4CCC5(CC4)OCCO5)nc3OC[C@@H]3CC3(F)F)nc2)ccc1Cl. The van der Waals surface area contributed by atoms with Crippen LogP contribution < -0.4 is 14.8 Å². The zero-order valence-corrected chi connectivity index (χ0v) is 25.2. The van der Waals surface area contributed by atoms with Crippen LogP contribution in [0.2, 0.25) is 5.02 Å². The molecule has 1 aromatic carbocycles. The van der Waals surface area contributed by atoms with Gasteiger partial charge in [0.05, 0.1) is 49.5 Å². The van der Waals surface area contributed by atoms with Crippen molar-refractivity contribution in [3.8, 4) is 22.8 Å². The highest BCUT2D eigenvalue weighted by Crippen LogP contribution is 2.49. The van der Waals surface area contributed by atoms with Gasteiger partial charge in [0.2, 0.25) is 5.95 Å². The number of rotatable bonds is 11. The van der Waals surface area contributed by atoms with Gasteiger partial charge < -0.3 is 24.3 Å². The number of hydrogen-bond acceptors (Lipinski definition) is 11. The minimum absolute atomic E-state index is 0.0869. The molecule has 4 aromatic rings. The van der Waals surface area contributed by atoms with E-state index in [4.69, 9.17) is 30.5 Å². The summed E-state index contributed by atoms with van der Waals surface area (Å²) in [5, 5.41) is 19.4. The normalized spacial score (nSPS) is 21.1. The van der Waals surface area contributed by atoms with Crippen LogP contribution >= 0.6 is 11.6 Å². The number of alkyl halides is 2. The highest BCUT2D eigenvalue weighted by atomic mass is 35.5. The molecule has 1 N–H and O–H groups in total. The van der Waals surface area contributed by atoms with Crippen LogP contribution in [0.3, 0.4) is 0 Å². The molecule has 13 nitrogen and oxygen atoms in total. The number of ether oxygens (including phenoxy) is 4. The Morgan fingerprint density at radius 2 is 1.89 bits per heavy atom. The van der Waals surface area contributed by atoms with Crippen LogP contribution in [-0.2, 0) is 16.0 Å². The molecule has 1 aliphatic heterocycles. The second kappa shape index (κ2) is 12.1. The molecule has 16 heteroatoms. The predicted molar refractivity (Wildman–Crippen MR) is 157 cm³/mol. The van der Waals surface area contributed by atoms with E-state index in [1.54, 1.807) is 23.1 Å². The molecule has 7 rings (SSSR count).